The van der Waals surface area contributed by atoms with Gasteiger partial charge in [-0.3, -0.25) is 61.8 Å². The van der Waals surface area contributed by atoms with E-state index >= 15 is 9.00 Å². The topological polar surface area (TPSA) is 479 Å². The van der Waals surface area contributed by atoms with Crippen molar-refractivity contribution < 1.29 is 110 Å². The highest BCUT2D eigenvalue weighted by Gasteiger charge is 2.45. The summed E-state index contributed by atoms with van der Waals surface area (Å²) in [7, 11) is -0.965. The normalized spacial score (nSPS) is 22.8. The highest BCUT2D eigenvalue weighted by atomic mass is 32.2. The second-order valence-corrected chi connectivity index (χ2v) is 27.6. The maximum absolute atomic E-state index is 15.4. The fourth-order valence-electron chi connectivity index (χ4n) is 11.8. The van der Waals surface area contributed by atoms with Gasteiger partial charge in [0.25, 0.3) is 11.8 Å². The summed E-state index contributed by atoms with van der Waals surface area (Å²) in [5.41, 5.74) is 7.22. The lowest BCUT2D eigenvalue weighted by molar-refractivity contribution is -0.144. The summed E-state index contributed by atoms with van der Waals surface area (Å²) in [4.78, 5) is 157. The SMILES string of the molecule is C.CC[C@H](C)[C@@H]1CC(=O)CNC(=O)[C@H]2CC(=O)[C@H]([C@@H](C)[C@@H](O)CO)NC(=O)[C@@H]3C[C@@H](O)CN3C(=O)[C@H](CC(N)=O)NC(=O)[C@H](CS(=O)c3[nH]c4c(CSCCOCCOCCOCCOCCOCCOCCOCCn5cc(CN6C(=O)C=CC6=O)nn5)c(OC)ccc4c3C2)NC(=O)CNC1=O. The maximum Gasteiger partial charge on any atom is 0.253 e. The summed E-state index contributed by atoms with van der Waals surface area (Å²) in [6.07, 6.45) is -1.29. The first-order valence-electron chi connectivity index (χ1n) is 34.2. The molecule has 2 bridgehead atoms. The van der Waals surface area contributed by atoms with Crippen molar-refractivity contribution in [1.82, 2.24) is 56.4 Å². The van der Waals surface area contributed by atoms with Crippen molar-refractivity contribution in [2.24, 2.45) is 29.4 Å². The molecule has 1 unspecified atom stereocenters. The van der Waals surface area contributed by atoms with Crippen LogP contribution in [0.3, 0.4) is 0 Å². The summed E-state index contributed by atoms with van der Waals surface area (Å²) < 4.78 is 62.1. The van der Waals surface area contributed by atoms with E-state index in [1.165, 1.54) is 37.9 Å². The highest BCUT2D eigenvalue weighted by Crippen LogP contribution is 2.37. The number of carbonyl (C=O) groups is 11. The van der Waals surface area contributed by atoms with Crippen LogP contribution >= 0.6 is 11.8 Å². The van der Waals surface area contributed by atoms with Crippen LogP contribution in [0.4, 0.5) is 0 Å². The van der Waals surface area contributed by atoms with Crippen LogP contribution in [0.1, 0.15) is 77.1 Å². The third-order valence-electron chi connectivity index (χ3n) is 17.8. The number of amides is 9. The van der Waals surface area contributed by atoms with Crippen molar-refractivity contribution >= 4 is 98.2 Å². The molecule has 4 aliphatic rings. The first kappa shape index (κ1) is 85.2. The van der Waals surface area contributed by atoms with Crippen molar-refractivity contribution in [3.63, 3.8) is 0 Å². The number of aliphatic hydroxyl groups excluding tert-OH is 3. The Balaban J connectivity index is 0.0000170. The smallest absolute Gasteiger partial charge is 0.253 e. The summed E-state index contributed by atoms with van der Waals surface area (Å²) >= 11 is 1.45. The molecule has 4 aliphatic heterocycles. The Morgan fingerprint density at radius 2 is 1.38 bits per heavy atom. The molecule has 0 spiro atoms. The quantitative estimate of drug-likeness (QED) is 0.0209. The third kappa shape index (κ3) is 25.5. The molecule has 35 nitrogen and oxygen atoms in total. The Labute approximate surface area is 608 Å². The number of Topliss-reactive ketones (excluding diaryl/α,β-unsaturated/α-hetero) is 2. The molecule has 2 aromatic heterocycles. The van der Waals surface area contributed by atoms with Crippen LogP contribution < -0.4 is 37.1 Å². The van der Waals surface area contributed by atoms with Gasteiger partial charge in [0.1, 0.15) is 34.6 Å². The van der Waals surface area contributed by atoms with Crippen molar-refractivity contribution in [1.29, 1.82) is 0 Å². The van der Waals surface area contributed by atoms with Gasteiger partial charge in [0, 0.05) is 78.2 Å². The lowest BCUT2D eigenvalue weighted by atomic mass is 9.85. The number of primary amides is 1. The monoisotopic (exact) mass is 1500 g/mol. The van der Waals surface area contributed by atoms with Crippen molar-refractivity contribution in [3.05, 3.63) is 47.3 Å². The number of carbonyl (C=O) groups excluding carboxylic acids is 11. The summed E-state index contributed by atoms with van der Waals surface area (Å²) in [6.45, 7) is 7.40. The van der Waals surface area contributed by atoms with Gasteiger partial charge in [-0.1, -0.05) is 39.8 Å². The molecular formula is C67H100N12O23S2. The lowest BCUT2D eigenvalue weighted by Crippen LogP contribution is -2.60. The standard InChI is InChI=1S/C66H96N12O23S2.CH4/c1-5-39(2)46-28-43(80)31-68-61(88)41-26-47-45-6-7-54(94-4)48(37-102-25-24-101-23-22-100-21-20-99-19-18-98-17-16-97-15-14-96-13-12-95-11-10-76-33-42(74-75-76)34-78-57(86)8-9-58(78)87)60(45)73-65(47)103(93)38-50(70-56(85)32-69-62(46)89)63(90)71-49(30-55(67)84)66(92)77-35-44(81)29-51(77)64(91)72-59(52(82)27-41)40(3)53(83)36-79;/h6-9,33,39-41,44,46,49-51,53,59,73,79,81,83H,5,10-32,34-38H2,1-4H3,(H2,67,84)(H,68,88)(H,69,89)(H,70,85)(H,71,90)(H,72,91);1H4/t39-,40-,41+,44+,46-,49-,50-,51-,53-,59-,103?;/m0./s1. The minimum atomic E-state index is -2.41. The highest BCUT2D eigenvalue weighted by molar-refractivity contribution is 7.98. The van der Waals surface area contributed by atoms with E-state index in [1.54, 1.807) is 36.9 Å². The Kier molecular flexibility index (Phi) is 35.8. The molecule has 0 saturated carbocycles. The minimum absolute atomic E-state index is 0. The van der Waals surface area contributed by atoms with E-state index < -0.39 is 181 Å². The number of aromatic amines is 1. The number of methoxy groups -OCH3 is 1. The molecule has 1 fully saturated rings. The number of hydrogen-bond donors (Lipinski definition) is 10. The number of rotatable bonds is 36. The number of fused-ring (bicyclic) bond motifs is 5. The maximum atomic E-state index is 15.4. The number of H-pyrrole nitrogens is 1. The van der Waals surface area contributed by atoms with Crippen molar-refractivity contribution in [2.45, 2.75) is 127 Å². The van der Waals surface area contributed by atoms with Crippen LogP contribution in [-0.2, 0) is 122 Å². The van der Waals surface area contributed by atoms with Crippen LogP contribution in [0.2, 0.25) is 0 Å². The van der Waals surface area contributed by atoms with Gasteiger partial charge in [-0.25, -0.2) is 4.68 Å². The zero-order valence-electron chi connectivity index (χ0n) is 58.3. The van der Waals surface area contributed by atoms with Crippen LogP contribution in [0.15, 0.2) is 35.5 Å². The fraction of sp³-hybridized carbons (Fsp3) is 0.657. The second kappa shape index (κ2) is 43.7. The summed E-state index contributed by atoms with van der Waals surface area (Å²) in [5, 5.41) is 53.0. The lowest BCUT2D eigenvalue weighted by Gasteiger charge is -2.32. The summed E-state index contributed by atoms with van der Waals surface area (Å²) in [6, 6.07) is -3.67. The zero-order valence-corrected chi connectivity index (χ0v) is 59.9. The number of thioether (sulfide) groups is 1. The second-order valence-electron chi connectivity index (χ2n) is 25.1. The number of hydrogen-bond acceptors (Lipinski definition) is 26. The number of benzene rings is 1. The van der Waals surface area contributed by atoms with Gasteiger partial charge in [-0.05, 0) is 30.0 Å². The molecule has 104 heavy (non-hydrogen) atoms. The first-order chi connectivity index (χ1) is 49.5. The minimum Gasteiger partial charge on any atom is -0.496 e. The van der Waals surface area contributed by atoms with Crippen molar-refractivity contribution in [2.75, 3.05) is 137 Å². The summed E-state index contributed by atoms with van der Waals surface area (Å²) in [5.74, 6) is -12.9. The molecule has 578 valence electrons. The predicted molar refractivity (Wildman–Crippen MR) is 373 cm³/mol. The first-order valence-corrected chi connectivity index (χ1v) is 36.7. The third-order valence-corrected chi connectivity index (χ3v) is 20.2. The van der Waals surface area contributed by atoms with Gasteiger partial charge in [0.05, 0.1) is 185 Å². The van der Waals surface area contributed by atoms with Gasteiger partial charge in [-0.15, -0.1) is 5.10 Å². The molecule has 1 saturated heterocycles. The zero-order chi connectivity index (χ0) is 74.5. The molecular weight excluding hydrogens is 1400 g/mol. The van der Waals surface area contributed by atoms with Gasteiger partial charge in [-0.2, -0.15) is 11.8 Å². The Morgan fingerprint density at radius 3 is 1.97 bits per heavy atom. The van der Waals surface area contributed by atoms with E-state index in [-0.39, 0.29) is 61.8 Å². The number of nitrogens with one attached hydrogen (secondary N) is 6. The van der Waals surface area contributed by atoms with E-state index in [2.05, 4.69) is 41.9 Å². The van der Waals surface area contributed by atoms with Crippen LogP contribution in [0, 0.1) is 23.7 Å². The number of imide groups is 1. The average molecular weight is 1510 g/mol. The van der Waals surface area contributed by atoms with Gasteiger partial charge >= 0.3 is 0 Å². The van der Waals surface area contributed by atoms with E-state index in [0.717, 1.165) is 9.80 Å². The molecule has 1 aromatic carbocycles. The molecule has 3 aromatic rings. The Morgan fingerprint density at radius 1 is 0.769 bits per heavy atom. The van der Waals surface area contributed by atoms with E-state index in [4.69, 9.17) is 43.6 Å². The largest absolute Gasteiger partial charge is 0.496 e. The molecule has 9 amide bonds. The van der Waals surface area contributed by atoms with Crippen molar-refractivity contribution in [3.8, 4) is 5.75 Å². The van der Waals surface area contributed by atoms with Crippen LogP contribution in [0.25, 0.3) is 10.9 Å². The van der Waals surface area contributed by atoms with E-state index in [0.29, 0.717) is 126 Å². The molecule has 6 heterocycles. The molecule has 11 atom stereocenters. The van der Waals surface area contributed by atoms with E-state index in [1.807, 2.05) is 0 Å². The van der Waals surface area contributed by atoms with Crippen LogP contribution in [0.5, 0.6) is 5.75 Å². The van der Waals surface area contributed by atoms with Gasteiger partial charge in [0.15, 0.2) is 11.6 Å². The molecule has 37 heteroatoms. The fourth-order valence-corrected chi connectivity index (χ4v) is 14.1. The number of aromatic nitrogens is 4. The average Bonchev–Trinajstić information content (AvgIpc) is 1.61. The number of nitrogens with zero attached hydrogens (tertiary/aromatic N) is 5. The number of ketones is 2. The molecule has 0 aliphatic carbocycles. The molecule has 7 rings (SSSR count). The number of nitrogens with two attached hydrogens (primary N) is 1. The molecule has 11 N–H and O–H groups in total. The number of aliphatic hydroxyl groups is 3. The van der Waals surface area contributed by atoms with E-state index in [9.17, 15) is 63.3 Å². The number of ether oxygens (including phenoxy) is 8. The Bertz CT molecular complexity index is 3450. The Hall–Kier alpha value is -7.69. The van der Waals surface area contributed by atoms with Gasteiger partial charge in [0.2, 0.25) is 41.4 Å². The van der Waals surface area contributed by atoms with Gasteiger partial charge < -0.3 is 95.4 Å². The van der Waals surface area contributed by atoms with Crippen LogP contribution in [-0.4, -0.2) is 288 Å². The molecule has 0 radical (unpaired) electrons. The predicted octanol–water partition coefficient (Wildman–Crippen LogP) is -2.73.